The van der Waals surface area contributed by atoms with Crippen molar-refractivity contribution in [1.29, 1.82) is 0 Å². The molecule has 0 radical (unpaired) electrons. The van der Waals surface area contributed by atoms with Crippen LogP contribution in [0.3, 0.4) is 0 Å². The molecule has 19 heavy (non-hydrogen) atoms. The third-order valence-corrected chi connectivity index (χ3v) is 3.96. The van der Waals surface area contributed by atoms with Crippen LogP contribution in [0.25, 0.3) is 0 Å². The molecular weight excluding hydrogens is 274 g/mol. The molecule has 0 spiro atoms. The van der Waals surface area contributed by atoms with Gasteiger partial charge in [-0.2, -0.15) is 12.7 Å². The molecule has 104 valence electrons. The molecule has 1 aromatic carbocycles. The number of benzene rings is 1. The summed E-state index contributed by atoms with van der Waals surface area (Å²) in [5.41, 5.74) is 0.922. The lowest BCUT2D eigenvalue weighted by Gasteiger charge is -2.17. The monoisotopic (exact) mass is 287 g/mol. The number of hydrogen-bond acceptors (Lipinski definition) is 5. The Balaban J connectivity index is 1.91. The average Bonchev–Trinajstić information content (AvgIpc) is 2.66. The number of ether oxygens (including phenoxy) is 1. The minimum absolute atomic E-state index is 0.0412. The molecule has 0 aromatic heterocycles. The fourth-order valence-corrected chi connectivity index (χ4v) is 2.85. The summed E-state index contributed by atoms with van der Waals surface area (Å²) in [6.07, 6.45) is -1.56. The van der Waals surface area contributed by atoms with Gasteiger partial charge in [-0.1, -0.05) is 30.3 Å². The summed E-state index contributed by atoms with van der Waals surface area (Å²) in [5.74, 6) is 0. The van der Waals surface area contributed by atoms with Crippen LogP contribution in [0.5, 0.6) is 0 Å². The Bertz CT molecular complexity index is 544. The first-order valence-electron chi connectivity index (χ1n) is 5.54. The number of nitrogens with zero attached hydrogens (tertiary/aromatic N) is 1. The zero-order chi connectivity index (χ0) is 13.9. The van der Waals surface area contributed by atoms with Crippen molar-refractivity contribution in [1.82, 2.24) is 4.31 Å². The summed E-state index contributed by atoms with van der Waals surface area (Å²) in [6, 6.07) is 8.45. The number of amides is 1. The third-order valence-electron chi connectivity index (χ3n) is 2.59. The van der Waals surface area contributed by atoms with Gasteiger partial charge in [0.25, 0.3) is 0 Å². The van der Waals surface area contributed by atoms with Crippen molar-refractivity contribution in [3.8, 4) is 0 Å². The predicted molar refractivity (Wildman–Crippen MR) is 64.6 cm³/mol. The normalized spacial score (nSPS) is 21.5. The summed E-state index contributed by atoms with van der Waals surface area (Å²) in [6.45, 7) is 0.0225. The maximum atomic E-state index is 11.3. The quantitative estimate of drug-likeness (QED) is 0.881. The van der Waals surface area contributed by atoms with E-state index in [0.717, 1.165) is 5.56 Å². The SMILES string of the molecule is O=C(O)N1C(COCc2ccccc2)COS1(=O)=O. The van der Waals surface area contributed by atoms with Gasteiger partial charge in [0, 0.05) is 0 Å². The van der Waals surface area contributed by atoms with E-state index in [1.54, 1.807) is 0 Å². The summed E-state index contributed by atoms with van der Waals surface area (Å²) in [7, 11) is -4.18. The van der Waals surface area contributed by atoms with E-state index in [1.165, 1.54) is 0 Å². The second-order valence-corrected chi connectivity index (χ2v) is 5.46. The molecule has 0 aliphatic carbocycles. The van der Waals surface area contributed by atoms with Gasteiger partial charge in [0.15, 0.2) is 0 Å². The van der Waals surface area contributed by atoms with Crippen molar-refractivity contribution in [2.24, 2.45) is 0 Å². The van der Waals surface area contributed by atoms with Gasteiger partial charge in [0.2, 0.25) is 0 Å². The molecule has 1 aromatic rings. The average molecular weight is 287 g/mol. The number of hydrogen-bond donors (Lipinski definition) is 1. The van der Waals surface area contributed by atoms with Crippen LogP contribution in [0.15, 0.2) is 30.3 Å². The van der Waals surface area contributed by atoms with E-state index in [0.29, 0.717) is 0 Å². The molecule has 1 N–H and O–H groups in total. The van der Waals surface area contributed by atoms with Gasteiger partial charge in [0.05, 0.1) is 19.8 Å². The number of carbonyl (C=O) groups is 1. The molecule has 0 bridgehead atoms. The number of carboxylic acid groups (broad SMARTS) is 1. The van der Waals surface area contributed by atoms with E-state index in [2.05, 4.69) is 4.18 Å². The molecule has 1 saturated heterocycles. The molecule has 1 aliphatic rings. The van der Waals surface area contributed by atoms with Crippen molar-refractivity contribution in [2.45, 2.75) is 12.6 Å². The Morgan fingerprint density at radius 3 is 2.74 bits per heavy atom. The largest absolute Gasteiger partial charge is 0.464 e. The van der Waals surface area contributed by atoms with Gasteiger partial charge in [0.1, 0.15) is 6.04 Å². The Kier molecular flexibility index (Phi) is 4.03. The zero-order valence-corrected chi connectivity index (χ0v) is 10.7. The van der Waals surface area contributed by atoms with Crippen molar-refractivity contribution >= 4 is 16.4 Å². The van der Waals surface area contributed by atoms with Gasteiger partial charge in [-0.25, -0.2) is 4.79 Å². The van der Waals surface area contributed by atoms with Crippen molar-refractivity contribution in [2.75, 3.05) is 13.2 Å². The lowest BCUT2D eigenvalue weighted by atomic mass is 10.2. The standard InChI is InChI=1S/C11H13NO6S/c13-11(14)12-10(8-18-19(12,15)16)7-17-6-9-4-2-1-3-5-9/h1-5,10H,6-8H2,(H,13,14). The number of rotatable bonds is 4. The van der Waals surface area contributed by atoms with Crippen LogP contribution in [-0.2, 0) is 25.8 Å². The van der Waals surface area contributed by atoms with Gasteiger partial charge < -0.3 is 9.84 Å². The van der Waals surface area contributed by atoms with Gasteiger partial charge >= 0.3 is 16.4 Å². The summed E-state index contributed by atoms with van der Waals surface area (Å²) in [4.78, 5) is 10.9. The Morgan fingerprint density at radius 1 is 1.42 bits per heavy atom. The van der Waals surface area contributed by atoms with Crippen LogP contribution < -0.4 is 0 Å². The summed E-state index contributed by atoms with van der Waals surface area (Å²) < 4.78 is 32.7. The smallest absolute Gasteiger partial charge is 0.423 e. The van der Waals surface area contributed by atoms with E-state index >= 15 is 0 Å². The lowest BCUT2D eigenvalue weighted by molar-refractivity contribution is 0.0750. The van der Waals surface area contributed by atoms with E-state index in [9.17, 15) is 13.2 Å². The lowest BCUT2D eigenvalue weighted by Crippen LogP contribution is -2.40. The molecule has 1 heterocycles. The van der Waals surface area contributed by atoms with Gasteiger partial charge in [-0.3, -0.25) is 4.18 Å². The highest BCUT2D eigenvalue weighted by Crippen LogP contribution is 2.19. The highest BCUT2D eigenvalue weighted by Gasteiger charge is 2.42. The molecule has 1 atom stereocenters. The Labute approximate surface area is 110 Å². The first-order chi connectivity index (χ1) is 9.00. The highest BCUT2D eigenvalue weighted by molar-refractivity contribution is 7.85. The van der Waals surface area contributed by atoms with Crippen LogP contribution in [0, 0.1) is 0 Å². The second-order valence-electron chi connectivity index (χ2n) is 3.98. The van der Waals surface area contributed by atoms with Gasteiger partial charge in [-0.15, -0.1) is 0 Å². The minimum Gasteiger partial charge on any atom is -0.464 e. The molecule has 2 rings (SSSR count). The summed E-state index contributed by atoms with van der Waals surface area (Å²) in [5, 5.41) is 8.85. The molecule has 1 aliphatic heterocycles. The van der Waals surface area contributed by atoms with E-state index in [1.807, 2.05) is 30.3 Å². The van der Waals surface area contributed by atoms with Gasteiger partial charge in [-0.05, 0) is 5.56 Å². The molecule has 8 heteroatoms. The van der Waals surface area contributed by atoms with Crippen molar-refractivity contribution in [3.05, 3.63) is 35.9 Å². The second kappa shape index (κ2) is 5.55. The zero-order valence-electron chi connectivity index (χ0n) is 9.93. The maximum absolute atomic E-state index is 11.3. The van der Waals surface area contributed by atoms with Crippen LogP contribution in [0.1, 0.15) is 5.56 Å². The molecule has 0 saturated carbocycles. The Hall–Kier alpha value is -1.64. The first kappa shape index (κ1) is 13.8. The van der Waals surface area contributed by atoms with Crippen molar-refractivity contribution in [3.63, 3.8) is 0 Å². The molecule has 7 nitrogen and oxygen atoms in total. The van der Waals surface area contributed by atoms with E-state index in [-0.39, 0.29) is 24.1 Å². The maximum Gasteiger partial charge on any atom is 0.423 e. The Morgan fingerprint density at radius 2 is 2.11 bits per heavy atom. The fourth-order valence-electron chi connectivity index (χ4n) is 1.73. The highest BCUT2D eigenvalue weighted by atomic mass is 32.2. The third kappa shape index (κ3) is 3.22. The molecule has 1 unspecified atom stereocenters. The summed E-state index contributed by atoms with van der Waals surface area (Å²) >= 11 is 0. The van der Waals surface area contributed by atoms with Crippen LogP contribution in [0.4, 0.5) is 4.79 Å². The minimum atomic E-state index is -4.18. The van der Waals surface area contributed by atoms with Crippen molar-refractivity contribution < 1.29 is 27.2 Å². The predicted octanol–water partition coefficient (Wildman–Crippen LogP) is 0.827. The van der Waals surface area contributed by atoms with Crippen LogP contribution in [-0.4, -0.2) is 43.2 Å². The molecule has 1 fully saturated rings. The van der Waals surface area contributed by atoms with E-state index in [4.69, 9.17) is 9.84 Å². The first-order valence-corrected chi connectivity index (χ1v) is 6.90. The van der Waals surface area contributed by atoms with Crippen LogP contribution in [0.2, 0.25) is 0 Å². The molecular formula is C11H13NO6S. The fraction of sp³-hybridized carbons (Fsp3) is 0.364. The van der Waals surface area contributed by atoms with E-state index < -0.39 is 22.4 Å². The molecule has 1 amide bonds. The topological polar surface area (TPSA) is 93.1 Å². The van der Waals surface area contributed by atoms with Crippen LogP contribution >= 0.6 is 0 Å².